The maximum Gasteiger partial charge on any atom is 0.191 e. The molecule has 160 valence electrons. The summed E-state index contributed by atoms with van der Waals surface area (Å²) >= 11 is 1.84. The van der Waals surface area contributed by atoms with E-state index in [0.717, 1.165) is 44.5 Å². The van der Waals surface area contributed by atoms with Crippen molar-refractivity contribution < 1.29 is 0 Å². The topological polar surface area (TPSA) is 42.9 Å². The van der Waals surface area contributed by atoms with Gasteiger partial charge in [0.05, 0.1) is 5.00 Å². The third kappa shape index (κ3) is 7.71. The average molecular weight is 520 g/mol. The van der Waals surface area contributed by atoms with Crippen molar-refractivity contribution in [2.24, 2.45) is 10.9 Å². The summed E-state index contributed by atoms with van der Waals surface area (Å²) in [6, 6.07) is 4.90. The highest BCUT2D eigenvalue weighted by atomic mass is 127. The van der Waals surface area contributed by atoms with Crippen molar-refractivity contribution in [1.29, 1.82) is 0 Å². The van der Waals surface area contributed by atoms with Gasteiger partial charge in [-0.15, -0.1) is 35.3 Å². The molecule has 2 aliphatic heterocycles. The molecule has 2 saturated heterocycles. The van der Waals surface area contributed by atoms with Crippen molar-refractivity contribution in [3.63, 3.8) is 0 Å². The van der Waals surface area contributed by atoms with Crippen LogP contribution in [0.25, 0.3) is 0 Å². The third-order valence-corrected chi connectivity index (χ3v) is 6.57. The molecule has 3 heterocycles. The van der Waals surface area contributed by atoms with Gasteiger partial charge < -0.3 is 20.4 Å². The first-order chi connectivity index (χ1) is 13.2. The number of aliphatic imine (C=N–C) groups is 1. The maximum absolute atomic E-state index is 4.84. The molecule has 28 heavy (non-hydrogen) atoms. The second kappa shape index (κ2) is 12.9. The summed E-state index contributed by atoms with van der Waals surface area (Å²) in [5, 5.41) is 10.7. The van der Waals surface area contributed by atoms with Crippen molar-refractivity contribution in [2.75, 3.05) is 50.7 Å². The van der Waals surface area contributed by atoms with E-state index in [-0.39, 0.29) is 24.0 Å². The second-order valence-electron chi connectivity index (χ2n) is 8.02. The minimum Gasteiger partial charge on any atom is -0.363 e. The van der Waals surface area contributed by atoms with Gasteiger partial charge in [-0.1, -0.05) is 6.92 Å². The Morgan fingerprint density at radius 1 is 1.25 bits per heavy atom. The SMILES string of the molecule is CCNC(=NCCCN1CCCC(C)C1)NC1CCN(c2cccs2)CC1.I. The Kier molecular flexibility index (Phi) is 10.9. The lowest BCUT2D eigenvalue weighted by molar-refractivity contribution is 0.183. The summed E-state index contributed by atoms with van der Waals surface area (Å²) in [4.78, 5) is 9.96. The molecular weight excluding hydrogens is 481 g/mol. The summed E-state index contributed by atoms with van der Waals surface area (Å²) in [6.45, 7) is 12.3. The normalized spacial score (nSPS) is 22.0. The van der Waals surface area contributed by atoms with Crippen molar-refractivity contribution >= 4 is 46.3 Å². The first-order valence-electron chi connectivity index (χ1n) is 10.8. The molecule has 0 aromatic carbocycles. The number of guanidine groups is 1. The molecule has 0 saturated carbocycles. The largest absolute Gasteiger partial charge is 0.363 e. The van der Waals surface area contributed by atoms with Crippen LogP contribution in [0, 0.1) is 5.92 Å². The first kappa shape index (κ1) is 23.7. The zero-order chi connectivity index (χ0) is 18.9. The Bertz CT molecular complexity index is 557. The summed E-state index contributed by atoms with van der Waals surface area (Å²) in [7, 11) is 0. The van der Waals surface area contributed by atoms with Crippen LogP contribution in [-0.4, -0.2) is 62.7 Å². The number of anilines is 1. The van der Waals surface area contributed by atoms with Crippen LogP contribution in [0.1, 0.15) is 46.0 Å². The predicted octanol–water partition coefficient (Wildman–Crippen LogP) is 4.01. The number of likely N-dealkylation sites (tertiary alicyclic amines) is 1. The molecule has 1 aromatic heterocycles. The van der Waals surface area contributed by atoms with Gasteiger partial charge in [0, 0.05) is 38.8 Å². The number of nitrogens with zero attached hydrogens (tertiary/aromatic N) is 3. The van der Waals surface area contributed by atoms with Crippen LogP contribution < -0.4 is 15.5 Å². The smallest absolute Gasteiger partial charge is 0.191 e. The van der Waals surface area contributed by atoms with Crippen molar-refractivity contribution in [1.82, 2.24) is 15.5 Å². The van der Waals surface area contributed by atoms with Crippen LogP contribution in [-0.2, 0) is 0 Å². The van der Waals surface area contributed by atoms with E-state index in [1.165, 1.54) is 50.3 Å². The van der Waals surface area contributed by atoms with Crippen LogP contribution in [0.3, 0.4) is 0 Å². The molecule has 2 aliphatic rings. The molecule has 7 heteroatoms. The van der Waals surface area contributed by atoms with Crippen molar-refractivity contribution in [3.8, 4) is 0 Å². The lowest BCUT2D eigenvalue weighted by atomic mass is 10.0. The zero-order valence-corrected chi connectivity index (χ0v) is 20.7. The molecule has 3 rings (SSSR count). The minimum absolute atomic E-state index is 0. The Labute approximate surface area is 192 Å². The van der Waals surface area contributed by atoms with Gasteiger partial charge in [-0.3, -0.25) is 4.99 Å². The second-order valence-corrected chi connectivity index (χ2v) is 8.95. The van der Waals surface area contributed by atoms with Gasteiger partial charge in [-0.05, 0) is 75.5 Å². The van der Waals surface area contributed by atoms with E-state index in [1.807, 2.05) is 11.3 Å². The van der Waals surface area contributed by atoms with Crippen molar-refractivity contribution in [2.45, 2.75) is 52.0 Å². The van der Waals surface area contributed by atoms with Gasteiger partial charge in [0.1, 0.15) is 0 Å². The number of hydrogen-bond acceptors (Lipinski definition) is 4. The molecule has 0 aliphatic carbocycles. The third-order valence-electron chi connectivity index (χ3n) is 5.64. The molecule has 1 atom stereocenters. The van der Waals surface area contributed by atoms with Crippen LogP contribution in [0.4, 0.5) is 5.00 Å². The van der Waals surface area contributed by atoms with Crippen LogP contribution in [0.2, 0.25) is 0 Å². The number of piperidine rings is 2. The van der Waals surface area contributed by atoms with Gasteiger partial charge in [0.2, 0.25) is 0 Å². The molecule has 0 spiro atoms. The van der Waals surface area contributed by atoms with E-state index in [4.69, 9.17) is 4.99 Å². The minimum atomic E-state index is 0. The molecule has 5 nitrogen and oxygen atoms in total. The van der Waals surface area contributed by atoms with Gasteiger partial charge >= 0.3 is 0 Å². The monoisotopic (exact) mass is 519 g/mol. The molecule has 0 amide bonds. The van der Waals surface area contributed by atoms with Gasteiger partial charge in [0.25, 0.3) is 0 Å². The van der Waals surface area contributed by atoms with E-state index in [2.05, 4.69) is 51.8 Å². The summed E-state index contributed by atoms with van der Waals surface area (Å²) in [6.07, 6.45) is 6.26. The molecule has 1 aromatic rings. The fourth-order valence-electron chi connectivity index (χ4n) is 4.18. The molecule has 1 unspecified atom stereocenters. The van der Waals surface area contributed by atoms with Gasteiger partial charge in [-0.2, -0.15) is 0 Å². The Morgan fingerprint density at radius 2 is 2.07 bits per heavy atom. The number of halogens is 1. The van der Waals surface area contributed by atoms with E-state index >= 15 is 0 Å². The van der Waals surface area contributed by atoms with E-state index in [0.29, 0.717) is 6.04 Å². The van der Waals surface area contributed by atoms with Gasteiger partial charge in [-0.25, -0.2) is 0 Å². The molecular formula is C21H38IN5S. The van der Waals surface area contributed by atoms with E-state index in [1.54, 1.807) is 0 Å². The highest BCUT2D eigenvalue weighted by molar-refractivity contribution is 14.0. The van der Waals surface area contributed by atoms with Gasteiger partial charge in [0.15, 0.2) is 5.96 Å². The molecule has 0 radical (unpaired) electrons. The summed E-state index contributed by atoms with van der Waals surface area (Å²) in [5.41, 5.74) is 0. The number of rotatable bonds is 7. The van der Waals surface area contributed by atoms with E-state index in [9.17, 15) is 0 Å². The highest BCUT2D eigenvalue weighted by Gasteiger charge is 2.20. The molecule has 2 fully saturated rings. The predicted molar refractivity (Wildman–Crippen MR) is 134 cm³/mol. The fraction of sp³-hybridized carbons (Fsp3) is 0.762. The summed E-state index contributed by atoms with van der Waals surface area (Å²) in [5.74, 6) is 1.86. The Hall–Kier alpha value is -0.540. The average Bonchev–Trinajstić information content (AvgIpc) is 3.21. The quantitative estimate of drug-likeness (QED) is 0.247. The first-order valence-corrected chi connectivity index (χ1v) is 11.7. The number of hydrogen-bond donors (Lipinski definition) is 2. The van der Waals surface area contributed by atoms with E-state index < -0.39 is 0 Å². The highest BCUT2D eigenvalue weighted by Crippen LogP contribution is 2.24. The zero-order valence-electron chi connectivity index (χ0n) is 17.5. The number of nitrogens with one attached hydrogen (secondary N) is 2. The fourth-order valence-corrected chi connectivity index (χ4v) is 4.97. The lowest BCUT2D eigenvalue weighted by Gasteiger charge is -2.33. The number of thiophene rings is 1. The standard InChI is InChI=1S/C21H37N5S.HI/c1-3-22-21(23-11-6-13-25-12-4-7-18(2)17-25)24-19-9-14-26(15-10-19)20-8-5-16-27-20;/h5,8,16,18-19H,3-4,6-7,9-15,17H2,1-2H3,(H2,22,23,24);1H. The van der Waals surface area contributed by atoms with Crippen LogP contribution in [0.15, 0.2) is 22.5 Å². The van der Waals surface area contributed by atoms with Crippen molar-refractivity contribution in [3.05, 3.63) is 17.5 Å². The van der Waals surface area contributed by atoms with Crippen LogP contribution >= 0.6 is 35.3 Å². The van der Waals surface area contributed by atoms with Crippen LogP contribution in [0.5, 0.6) is 0 Å². The maximum atomic E-state index is 4.84. The molecule has 0 bridgehead atoms. The lowest BCUT2D eigenvalue weighted by Crippen LogP contribution is -2.48. The Morgan fingerprint density at radius 3 is 2.75 bits per heavy atom. The Balaban J connectivity index is 0.00000280. The molecule has 2 N–H and O–H groups in total. The summed E-state index contributed by atoms with van der Waals surface area (Å²) < 4.78 is 0.